The zero-order valence-electron chi connectivity index (χ0n) is 13.0. The summed E-state index contributed by atoms with van der Waals surface area (Å²) in [6.45, 7) is 2.72. The Bertz CT molecular complexity index is 716. The molecule has 2 atom stereocenters. The summed E-state index contributed by atoms with van der Waals surface area (Å²) in [6, 6.07) is 10.2. The van der Waals surface area contributed by atoms with Crippen LogP contribution in [0.5, 0.6) is 0 Å². The summed E-state index contributed by atoms with van der Waals surface area (Å²) >= 11 is 0. The fraction of sp³-hybridized carbons (Fsp3) is 0.438. The van der Waals surface area contributed by atoms with Crippen molar-refractivity contribution in [3.05, 3.63) is 42.1 Å². The number of aryl methyl sites for hydroxylation is 1. The van der Waals surface area contributed by atoms with Gasteiger partial charge in [-0.25, -0.2) is 4.79 Å². The molecule has 4 rings (SSSR count). The van der Waals surface area contributed by atoms with Crippen molar-refractivity contribution >= 4 is 11.8 Å². The number of aromatic nitrogens is 3. The van der Waals surface area contributed by atoms with Crippen LogP contribution in [-0.2, 0) is 17.2 Å². The van der Waals surface area contributed by atoms with Crippen molar-refractivity contribution in [3.8, 4) is 0 Å². The van der Waals surface area contributed by atoms with E-state index in [9.17, 15) is 4.79 Å². The van der Waals surface area contributed by atoms with Gasteiger partial charge in [0.25, 0.3) is 0 Å². The van der Waals surface area contributed by atoms with Crippen LogP contribution in [0.25, 0.3) is 0 Å². The second-order valence-electron chi connectivity index (χ2n) is 6.32. The summed E-state index contributed by atoms with van der Waals surface area (Å²) in [7, 11) is 1.77. The van der Waals surface area contributed by atoms with Gasteiger partial charge in [0.2, 0.25) is 0 Å². The molecule has 0 unspecified atom stereocenters. The highest BCUT2D eigenvalue weighted by atomic mass is 16.5. The fourth-order valence-corrected chi connectivity index (χ4v) is 3.66. The van der Waals surface area contributed by atoms with Gasteiger partial charge in [-0.3, -0.25) is 10.00 Å². The van der Waals surface area contributed by atoms with Crippen molar-refractivity contribution in [1.29, 1.82) is 0 Å². The molecule has 1 aromatic heterocycles. The molecule has 1 N–H and O–H groups in total. The van der Waals surface area contributed by atoms with Crippen molar-refractivity contribution in [3.63, 3.8) is 0 Å². The van der Waals surface area contributed by atoms with Gasteiger partial charge in [-0.2, -0.15) is 0 Å². The minimum absolute atomic E-state index is 0.0963. The normalized spacial score (nSPS) is 26.3. The van der Waals surface area contributed by atoms with Crippen LogP contribution in [0.3, 0.4) is 0 Å². The molecule has 2 fully saturated rings. The van der Waals surface area contributed by atoms with E-state index < -0.39 is 0 Å². The molecule has 2 amide bonds. The number of benzene rings is 1. The van der Waals surface area contributed by atoms with E-state index in [0.717, 1.165) is 0 Å². The first kappa shape index (κ1) is 14.2. The molecule has 3 heterocycles. The minimum Gasteiger partial charge on any atom is -0.380 e. The van der Waals surface area contributed by atoms with Gasteiger partial charge >= 0.3 is 6.03 Å². The minimum atomic E-state index is -0.129. The van der Waals surface area contributed by atoms with E-state index in [2.05, 4.69) is 27.8 Å². The summed E-state index contributed by atoms with van der Waals surface area (Å²) in [5.74, 6) is 0.803. The summed E-state index contributed by atoms with van der Waals surface area (Å²) in [5.41, 5.74) is 1.15. The highest BCUT2D eigenvalue weighted by Crippen LogP contribution is 2.43. The first-order chi connectivity index (χ1) is 11.2. The monoisotopic (exact) mass is 313 g/mol. The zero-order valence-corrected chi connectivity index (χ0v) is 13.0. The molecule has 2 aromatic rings. The summed E-state index contributed by atoms with van der Waals surface area (Å²) in [4.78, 5) is 14.4. The lowest BCUT2D eigenvalue weighted by Gasteiger charge is -2.27. The molecule has 2 saturated heterocycles. The van der Waals surface area contributed by atoms with Crippen molar-refractivity contribution in [2.24, 2.45) is 13.0 Å². The fourth-order valence-electron chi connectivity index (χ4n) is 3.66. The Morgan fingerprint density at radius 3 is 2.96 bits per heavy atom. The molecule has 2 aliphatic heterocycles. The zero-order chi connectivity index (χ0) is 15.9. The van der Waals surface area contributed by atoms with Crippen LogP contribution >= 0.6 is 0 Å². The highest BCUT2D eigenvalue weighted by molar-refractivity contribution is 5.88. The van der Waals surface area contributed by atoms with Gasteiger partial charge in [0.1, 0.15) is 0 Å². The number of fused-ring (bicyclic) bond motifs is 1. The highest BCUT2D eigenvalue weighted by Gasteiger charge is 2.52. The van der Waals surface area contributed by atoms with E-state index >= 15 is 0 Å². The Morgan fingerprint density at radius 1 is 1.39 bits per heavy atom. The van der Waals surface area contributed by atoms with Gasteiger partial charge in [-0.1, -0.05) is 35.5 Å². The second kappa shape index (κ2) is 5.34. The lowest BCUT2D eigenvalue weighted by Crippen LogP contribution is -2.38. The Labute approximate surface area is 134 Å². The number of carbonyl (C=O) groups excluding carboxylic acids is 1. The Morgan fingerprint density at radius 2 is 2.22 bits per heavy atom. The van der Waals surface area contributed by atoms with E-state index in [0.29, 0.717) is 38.0 Å². The molecule has 0 saturated carbocycles. The smallest absolute Gasteiger partial charge is 0.323 e. The van der Waals surface area contributed by atoms with E-state index in [1.807, 2.05) is 23.1 Å². The number of carbonyl (C=O) groups is 1. The van der Waals surface area contributed by atoms with Crippen LogP contribution in [0, 0.1) is 5.92 Å². The van der Waals surface area contributed by atoms with Crippen LogP contribution in [0.2, 0.25) is 0 Å². The molecule has 0 spiro atoms. The number of likely N-dealkylation sites (tertiary alicyclic amines) is 1. The maximum atomic E-state index is 12.5. The van der Waals surface area contributed by atoms with Gasteiger partial charge in [0, 0.05) is 31.5 Å². The van der Waals surface area contributed by atoms with Crippen LogP contribution in [0.4, 0.5) is 10.6 Å². The Kier molecular flexibility index (Phi) is 3.30. The molecule has 23 heavy (non-hydrogen) atoms. The number of urea groups is 1. The molecule has 1 aromatic carbocycles. The average molecular weight is 313 g/mol. The summed E-state index contributed by atoms with van der Waals surface area (Å²) in [6.07, 6.45) is 1.69. The number of amides is 2. The molecule has 120 valence electrons. The van der Waals surface area contributed by atoms with Crippen molar-refractivity contribution < 1.29 is 9.53 Å². The third-order valence-corrected chi connectivity index (χ3v) is 4.85. The Hall–Kier alpha value is -2.41. The van der Waals surface area contributed by atoms with Crippen LogP contribution < -0.4 is 5.32 Å². The third kappa shape index (κ3) is 2.37. The standard InChI is InChI=1S/C16H19N5O2/c1-20-8-14(18-19-20)17-15(22)21-7-13-9-23-11-16(13,10-21)12-5-3-2-4-6-12/h2-6,8,13H,7,9-11H2,1H3,(H,17,22)/t13-,16+/m1/s1. The number of rotatable bonds is 2. The number of nitrogens with one attached hydrogen (secondary N) is 1. The van der Waals surface area contributed by atoms with Gasteiger partial charge in [0.15, 0.2) is 5.82 Å². The van der Waals surface area contributed by atoms with Gasteiger partial charge < -0.3 is 9.64 Å². The predicted octanol–water partition coefficient (Wildman–Crippen LogP) is 1.25. The predicted molar refractivity (Wildman–Crippen MR) is 84.0 cm³/mol. The molecule has 7 nitrogen and oxygen atoms in total. The molecule has 0 radical (unpaired) electrons. The number of hydrogen-bond acceptors (Lipinski definition) is 4. The molecule has 0 aliphatic carbocycles. The topological polar surface area (TPSA) is 72.3 Å². The summed E-state index contributed by atoms with van der Waals surface area (Å²) < 4.78 is 7.30. The molecule has 7 heteroatoms. The van der Waals surface area contributed by atoms with Crippen molar-refractivity contribution in [1.82, 2.24) is 19.9 Å². The SMILES string of the molecule is Cn1cc(NC(=O)N2C[C@@H]3COC[C@]3(c3ccccc3)C2)nn1. The van der Waals surface area contributed by atoms with Gasteiger partial charge in [0.05, 0.1) is 19.4 Å². The van der Waals surface area contributed by atoms with Crippen LogP contribution in [0.1, 0.15) is 5.56 Å². The lowest BCUT2D eigenvalue weighted by atomic mass is 9.75. The van der Waals surface area contributed by atoms with Gasteiger partial charge in [-0.15, -0.1) is 5.10 Å². The number of nitrogens with zero attached hydrogens (tertiary/aromatic N) is 4. The Balaban J connectivity index is 1.54. The number of ether oxygens (including phenoxy) is 1. The third-order valence-electron chi connectivity index (χ3n) is 4.85. The molecule has 0 bridgehead atoms. The average Bonchev–Trinajstić information content (AvgIpc) is 3.22. The van der Waals surface area contributed by atoms with Crippen molar-refractivity contribution in [2.45, 2.75) is 5.41 Å². The van der Waals surface area contributed by atoms with Crippen LogP contribution in [0.15, 0.2) is 36.5 Å². The quantitative estimate of drug-likeness (QED) is 0.905. The van der Waals surface area contributed by atoms with Gasteiger partial charge in [-0.05, 0) is 5.56 Å². The number of anilines is 1. The lowest BCUT2D eigenvalue weighted by molar-refractivity contribution is 0.152. The van der Waals surface area contributed by atoms with Crippen molar-refractivity contribution in [2.75, 3.05) is 31.6 Å². The molecule has 2 aliphatic rings. The van der Waals surface area contributed by atoms with E-state index in [4.69, 9.17) is 4.74 Å². The van der Waals surface area contributed by atoms with E-state index in [-0.39, 0.29) is 11.4 Å². The summed E-state index contributed by atoms with van der Waals surface area (Å²) in [5, 5.41) is 10.5. The maximum absolute atomic E-state index is 12.5. The molecular weight excluding hydrogens is 294 g/mol. The molecular formula is C16H19N5O2. The largest absolute Gasteiger partial charge is 0.380 e. The van der Waals surface area contributed by atoms with Crippen LogP contribution in [-0.4, -0.2) is 52.2 Å². The maximum Gasteiger partial charge on any atom is 0.323 e. The number of hydrogen-bond donors (Lipinski definition) is 1. The van der Waals surface area contributed by atoms with E-state index in [1.165, 1.54) is 5.56 Å². The first-order valence-corrected chi connectivity index (χ1v) is 7.73. The van der Waals surface area contributed by atoms with E-state index in [1.54, 1.807) is 17.9 Å². The second-order valence-corrected chi connectivity index (χ2v) is 6.32. The first-order valence-electron chi connectivity index (χ1n) is 7.73.